The number of fused-ring (bicyclic) bond motifs is 1. The van der Waals surface area contributed by atoms with Crippen molar-refractivity contribution in [2.24, 2.45) is 12.0 Å². The molecule has 0 aliphatic rings. The zero-order chi connectivity index (χ0) is 28.2. The first-order valence-electron chi connectivity index (χ1n) is 13.5. The number of nitrogens with one attached hydrogen (secondary N) is 2. The minimum atomic E-state index is -0.293. The first-order chi connectivity index (χ1) is 19.3. The standard InChI is InChI=1S/C31H35FN8/c1-6-7-35-31(25-13-28(36-15-20(25)2)22-16-37-40(5)19-22)29-14-26-27(17-33-18-30(26)38-29)21-10-23(32)12-24(11-21)34-8-9-39(3)4/h10-19,34,38H,6-9H2,1-5H3. The third-order valence-electron chi connectivity index (χ3n) is 6.75. The van der Waals surface area contributed by atoms with Gasteiger partial charge in [0.1, 0.15) is 5.82 Å². The van der Waals surface area contributed by atoms with Crippen molar-refractivity contribution in [1.29, 1.82) is 0 Å². The molecule has 0 spiro atoms. The van der Waals surface area contributed by atoms with E-state index in [0.29, 0.717) is 6.54 Å². The molecule has 40 heavy (non-hydrogen) atoms. The van der Waals surface area contributed by atoms with Crippen LogP contribution in [0.3, 0.4) is 0 Å². The molecule has 0 saturated heterocycles. The quantitative estimate of drug-likeness (QED) is 0.223. The van der Waals surface area contributed by atoms with E-state index in [4.69, 9.17) is 4.99 Å². The van der Waals surface area contributed by atoms with Gasteiger partial charge in [-0.3, -0.25) is 19.6 Å². The summed E-state index contributed by atoms with van der Waals surface area (Å²) in [4.78, 5) is 19.7. The molecule has 5 rings (SSSR count). The summed E-state index contributed by atoms with van der Waals surface area (Å²) in [6, 6.07) is 9.22. The zero-order valence-corrected chi connectivity index (χ0v) is 23.7. The molecule has 9 heteroatoms. The van der Waals surface area contributed by atoms with E-state index in [9.17, 15) is 4.39 Å². The van der Waals surface area contributed by atoms with E-state index < -0.39 is 0 Å². The second kappa shape index (κ2) is 11.8. The fourth-order valence-corrected chi connectivity index (χ4v) is 4.71. The molecule has 0 amide bonds. The Labute approximate surface area is 234 Å². The molecular formula is C31H35FN8. The van der Waals surface area contributed by atoms with E-state index in [-0.39, 0.29) is 5.82 Å². The molecule has 0 saturated carbocycles. The van der Waals surface area contributed by atoms with Crippen LogP contribution in [-0.4, -0.2) is 69.1 Å². The van der Waals surface area contributed by atoms with E-state index in [1.165, 1.54) is 6.07 Å². The van der Waals surface area contributed by atoms with E-state index >= 15 is 0 Å². The second-order valence-corrected chi connectivity index (χ2v) is 10.3. The van der Waals surface area contributed by atoms with Crippen LogP contribution in [0.4, 0.5) is 10.1 Å². The smallest absolute Gasteiger partial charge is 0.125 e. The number of aliphatic imine (C=N–C) groups is 1. The number of hydrogen-bond acceptors (Lipinski definition) is 6. The largest absolute Gasteiger partial charge is 0.384 e. The molecule has 0 fully saturated rings. The van der Waals surface area contributed by atoms with Gasteiger partial charge in [0.2, 0.25) is 0 Å². The predicted molar refractivity (Wildman–Crippen MR) is 161 cm³/mol. The number of H-pyrrole nitrogens is 1. The summed E-state index contributed by atoms with van der Waals surface area (Å²) < 4.78 is 16.5. The van der Waals surface area contributed by atoms with Crippen molar-refractivity contribution >= 4 is 22.3 Å². The maximum absolute atomic E-state index is 14.7. The first-order valence-corrected chi connectivity index (χ1v) is 13.5. The molecule has 0 atom stereocenters. The number of aromatic amines is 1. The average molecular weight is 539 g/mol. The molecule has 4 heterocycles. The number of aryl methyl sites for hydroxylation is 2. The maximum atomic E-state index is 14.7. The number of rotatable bonds is 10. The highest BCUT2D eigenvalue weighted by Gasteiger charge is 2.17. The van der Waals surface area contributed by atoms with Crippen molar-refractivity contribution in [3.8, 4) is 22.4 Å². The first kappa shape index (κ1) is 27.2. The molecule has 5 aromatic rings. The van der Waals surface area contributed by atoms with Gasteiger partial charge in [0.05, 0.1) is 35.0 Å². The minimum Gasteiger partial charge on any atom is -0.384 e. The summed E-state index contributed by atoms with van der Waals surface area (Å²) >= 11 is 0. The number of pyridine rings is 2. The number of anilines is 1. The Morgan fingerprint density at radius 2 is 1.93 bits per heavy atom. The number of likely N-dealkylation sites (N-methyl/N-ethyl adjacent to an activating group) is 1. The molecule has 0 unspecified atom stereocenters. The summed E-state index contributed by atoms with van der Waals surface area (Å²) in [5.74, 6) is -0.293. The molecular weight excluding hydrogens is 503 g/mol. The van der Waals surface area contributed by atoms with Gasteiger partial charge in [0.25, 0.3) is 0 Å². The van der Waals surface area contributed by atoms with Crippen molar-refractivity contribution in [3.63, 3.8) is 0 Å². The van der Waals surface area contributed by atoms with E-state index in [1.807, 2.05) is 52.7 Å². The van der Waals surface area contributed by atoms with Gasteiger partial charge in [0.15, 0.2) is 0 Å². The SMILES string of the molecule is CCCN=C(c1cc2c(-c3cc(F)cc(NCCN(C)C)c3)cncc2[nH]1)c1cc(-c2cnn(C)c2)ncc1C. The van der Waals surface area contributed by atoms with Crippen LogP contribution in [0.5, 0.6) is 0 Å². The van der Waals surface area contributed by atoms with Crippen molar-refractivity contribution in [2.45, 2.75) is 20.3 Å². The summed E-state index contributed by atoms with van der Waals surface area (Å²) in [5.41, 5.74) is 8.78. The Morgan fingerprint density at radius 1 is 1.07 bits per heavy atom. The van der Waals surface area contributed by atoms with Gasteiger partial charge >= 0.3 is 0 Å². The number of aromatic nitrogens is 5. The van der Waals surface area contributed by atoms with Crippen LogP contribution in [0.25, 0.3) is 33.3 Å². The summed E-state index contributed by atoms with van der Waals surface area (Å²) in [6.45, 7) is 6.41. The van der Waals surface area contributed by atoms with Crippen molar-refractivity contribution in [3.05, 3.63) is 84.0 Å². The lowest BCUT2D eigenvalue weighted by Gasteiger charge is -2.13. The summed E-state index contributed by atoms with van der Waals surface area (Å²) in [5, 5.41) is 8.59. The van der Waals surface area contributed by atoms with Gasteiger partial charge in [-0.2, -0.15) is 5.10 Å². The molecule has 0 bridgehead atoms. The van der Waals surface area contributed by atoms with Crippen LogP contribution < -0.4 is 5.32 Å². The number of nitrogens with zero attached hydrogens (tertiary/aromatic N) is 6. The Kier molecular flexibility index (Phi) is 8.02. The molecule has 4 aromatic heterocycles. The Morgan fingerprint density at radius 3 is 2.67 bits per heavy atom. The molecule has 1 aromatic carbocycles. The topological polar surface area (TPSA) is 87.0 Å². The van der Waals surface area contributed by atoms with Crippen LogP contribution >= 0.6 is 0 Å². The van der Waals surface area contributed by atoms with Gasteiger partial charge in [0, 0.05) is 73.0 Å². The van der Waals surface area contributed by atoms with Crippen LogP contribution in [0.1, 0.15) is 30.2 Å². The zero-order valence-electron chi connectivity index (χ0n) is 23.7. The number of benzene rings is 1. The fraction of sp³-hybridized carbons (Fsp3) is 0.290. The molecule has 8 nitrogen and oxygen atoms in total. The van der Waals surface area contributed by atoms with E-state index in [2.05, 4.69) is 49.3 Å². The normalized spacial score (nSPS) is 12.0. The molecule has 0 aliphatic carbocycles. The molecule has 2 N–H and O–H groups in total. The molecule has 0 radical (unpaired) electrons. The van der Waals surface area contributed by atoms with Gasteiger partial charge in [-0.25, -0.2) is 4.39 Å². The highest BCUT2D eigenvalue weighted by Crippen LogP contribution is 2.32. The maximum Gasteiger partial charge on any atom is 0.125 e. The van der Waals surface area contributed by atoms with Crippen molar-refractivity contribution in [2.75, 3.05) is 39.0 Å². The Balaban J connectivity index is 1.57. The Hall–Kier alpha value is -4.37. The summed E-state index contributed by atoms with van der Waals surface area (Å²) in [6.07, 6.45) is 10.2. The van der Waals surface area contributed by atoms with Crippen LogP contribution in [0.15, 0.2) is 66.3 Å². The van der Waals surface area contributed by atoms with Gasteiger partial charge < -0.3 is 15.2 Å². The van der Waals surface area contributed by atoms with Gasteiger partial charge in [-0.15, -0.1) is 0 Å². The number of halogens is 1. The fourth-order valence-electron chi connectivity index (χ4n) is 4.71. The third kappa shape index (κ3) is 5.94. The molecule has 206 valence electrons. The second-order valence-electron chi connectivity index (χ2n) is 10.3. The lowest BCUT2D eigenvalue weighted by atomic mass is 10.00. The lowest BCUT2D eigenvalue weighted by molar-refractivity contribution is 0.425. The summed E-state index contributed by atoms with van der Waals surface area (Å²) in [7, 11) is 5.92. The van der Waals surface area contributed by atoms with Crippen LogP contribution in [-0.2, 0) is 7.05 Å². The highest BCUT2D eigenvalue weighted by atomic mass is 19.1. The van der Waals surface area contributed by atoms with E-state index in [1.54, 1.807) is 23.1 Å². The van der Waals surface area contributed by atoms with Crippen molar-refractivity contribution in [1.82, 2.24) is 29.6 Å². The highest BCUT2D eigenvalue weighted by molar-refractivity contribution is 6.15. The minimum absolute atomic E-state index is 0.293. The average Bonchev–Trinajstić information content (AvgIpc) is 3.55. The van der Waals surface area contributed by atoms with Crippen LogP contribution in [0.2, 0.25) is 0 Å². The lowest BCUT2D eigenvalue weighted by Crippen LogP contribution is -2.20. The monoisotopic (exact) mass is 538 g/mol. The van der Waals surface area contributed by atoms with Crippen molar-refractivity contribution < 1.29 is 4.39 Å². The predicted octanol–water partition coefficient (Wildman–Crippen LogP) is 5.69. The third-order valence-corrected chi connectivity index (χ3v) is 6.75. The number of hydrogen-bond donors (Lipinski definition) is 2. The van der Waals surface area contributed by atoms with Crippen LogP contribution in [0, 0.1) is 12.7 Å². The van der Waals surface area contributed by atoms with Gasteiger partial charge in [-0.1, -0.05) is 6.92 Å². The Bertz CT molecular complexity index is 1660. The van der Waals surface area contributed by atoms with Gasteiger partial charge in [-0.05, 0) is 68.9 Å². The molecule has 0 aliphatic heterocycles. The van der Waals surface area contributed by atoms with E-state index in [0.717, 1.165) is 81.0 Å².